The van der Waals surface area contributed by atoms with E-state index in [0.717, 1.165) is 11.1 Å². The van der Waals surface area contributed by atoms with Crippen molar-refractivity contribution in [1.29, 1.82) is 0 Å². The first-order valence-electron chi connectivity index (χ1n) is 11.5. The zero-order valence-corrected chi connectivity index (χ0v) is 21.2. The first-order valence-corrected chi connectivity index (χ1v) is 13.0. The number of aromatic nitrogens is 2. The molecule has 2 aromatic carbocycles. The van der Waals surface area contributed by atoms with E-state index in [9.17, 15) is 17.6 Å². The standard InChI is InChI=1S/C28H25FN2O4S/c1-17-27(22-14-20(29)6-8-24(22)31(17)15-26(32)35-28(2,3)4)23-16-36(33,34)25-13-19(5-7-21(23)25)18-9-11-30-12-10-18/h5-14,16H,15H2,1-4H3. The van der Waals surface area contributed by atoms with E-state index in [2.05, 4.69) is 4.98 Å². The zero-order chi connectivity index (χ0) is 25.8. The number of carbonyl (C=O) groups is 1. The first kappa shape index (κ1) is 23.9. The summed E-state index contributed by atoms with van der Waals surface area (Å²) in [5, 5.41) is 1.77. The second-order valence-electron chi connectivity index (χ2n) is 9.82. The van der Waals surface area contributed by atoms with Gasteiger partial charge in [-0.25, -0.2) is 12.8 Å². The van der Waals surface area contributed by atoms with Crippen LogP contribution in [0.5, 0.6) is 0 Å². The number of rotatable bonds is 4. The van der Waals surface area contributed by atoms with Crippen molar-refractivity contribution in [3.63, 3.8) is 0 Å². The maximum Gasteiger partial charge on any atom is 0.326 e. The summed E-state index contributed by atoms with van der Waals surface area (Å²) in [6, 6.07) is 13.2. The number of esters is 1. The third-order valence-electron chi connectivity index (χ3n) is 6.13. The zero-order valence-electron chi connectivity index (χ0n) is 20.4. The Labute approximate surface area is 209 Å². The van der Waals surface area contributed by atoms with Gasteiger partial charge in [-0.15, -0.1) is 0 Å². The summed E-state index contributed by atoms with van der Waals surface area (Å²) in [7, 11) is -3.74. The molecule has 0 radical (unpaired) electrons. The van der Waals surface area contributed by atoms with Crippen molar-refractivity contribution in [1.82, 2.24) is 9.55 Å². The lowest BCUT2D eigenvalue weighted by atomic mass is 9.95. The minimum Gasteiger partial charge on any atom is -0.459 e. The topological polar surface area (TPSA) is 78.3 Å². The molecular formula is C28H25FN2O4S. The fourth-order valence-electron chi connectivity index (χ4n) is 4.68. The first-order chi connectivity index (χ1) is 16.9. The maximum absolute atomic E-state index is 14.4. The van der Waals surface area contributed by atoms with E-state index in [4.69, 9.17) is 4.74 Å². The molecule has 8 heteroatoms. The van der Waals surface area contributed by atoms with Gasteiger partial charge in [0.2, 0.25) is 9.84 Å². The summed E-state index contributed by atoms with van der Waals surface area (Å²) in [6.45, 7) is 7.08. The monoisotopic (exact) mass is 504 g/mol. The number of ether oxygens (including phenoxy) is 1. The Morgan fingerprint density at radius 3 is 2.44 bits per heavy atom. The average Bonchev–Trinajstić information content (AvgIpc) is 3.22. The maximum atomic E-state index is 14.4. The van der Waals surface area contributed by atoms with Crippen LogP contribution in [0.2, 0.25) is 0 Å². The van der Waals surface area contributed by atoms with Gasteiger partial charge in [0.05, 0.1) is 4.90 Å². The minimum atomic E-state index is -3.74. The quantitative estimate of drug-likeness (QED) is 0.335. The molecule has 36 heavy (non-hydrogen) atoms. The van der Waals surface area contributed by atoms with Gasteiger partial charge < -0.3 is 9.30 Å². The molecule has 0 amide bonds. The number of carbonyl (C=O) groups excluding carboxylic acids is 1. The van der Waals surface area contributed by atoms with Gasteiger partial charge in [0.1, 0.15) is 18.0 Å². The second kappa shape index (κ2) is 8.41. The largest absolute Gasteiger partial charge is 0.459 e. The van der Waals surface area contributed by atoms with E-state index >= 15 is 0 Å². The summed E-state index contributed by atoms with van der Waals surface area (Å²) < 4.78 is 48.1. The normalized spacial score (nSPS) is 14.5. The van der Waals surface area contributed by atoms with Crippen molar-refractivity contribution >= 4 is 32.3 Å². The number of halogens is 1. The Kier molecular flexibility index (Phi) is 5.59. The number of nitrogens with zero attached hydrogens (tertiary/aromatic N) is 2. The lowest BCUT2D eigenvalue weighted by Crippen LogP contribution is -2.26. The van der Waals surface area contributed by atoms with E-state index in [-0.39, 0.29) is 11.4 Å². The molecule has 3 heterocycles. The third-order valence-corrected chi connectivity index (χ3v) is 7.62. The summed E-state index contributed by atoms with van der Waals surface area (Å²) in [4.78, 5) is 16.9. The van der Waals surface area contributed by atoms with Crippen molar-refractivity contribution in [3.8, 4) is 11.1 Å². The highest BCUT2D eigenvalue weighted by molar-refractivity contribution is 7.95. The fourth-order valence-corrected chi connectivity index (χ4v) is 6.14. The second-order valence-corrected chi connectivity index (χ2v) is 11.6. The van der Waals surface area contributed by atoms with Gasteiger partial charge in [0.15, 0.2) is 0 Å². The lowest BCUT2D eigenvalue weighted by Gasteiger charge is -2.20. The Bertz CT molecular complexity index is 1660. The molecule has 5 rings (SSSR count). The molecule has 0 saturated heterocycles. The summed E-state index contributed by atoms with van der Waals surface area (Å²) in [6.07, 6.45) is 3.30. The van der Waals surface area contributed by atoms with Crippen molar-refractivity contribution in [2.24, 2.45) is 0 Å². The van der Waals surface area contributed by atoms with Crippen LogP contribution in [0.3, 0.4) is 0 Å². The molecule has 6 nitrogen and oxygen atoms in total. The smallest absolute Gasteiger partial charge is 0.326 e. The van der Waals surface area contributed by atoms with Gasteiger partial charge in [0, 0.05) is 51.1 Å². The van der Waals surface area contributed by atoms with Crippen molar-refractivity contribution < 1.29 is 22.3 Å². The van der Waals surface area contributed by atoms with Gasteiger partial charge in [-0.2, -0.15) is 0 Å². The van der Waals surface area contributed by atoms with E-state index in [1.807, 2.05) is 18.2 Å². The highest BCUT2D eigenvalue weighted by atomic mass is 32.2. The molecule has 0 fully saturated rings. The van der Waals surface area contributed by atoms with E-state index < -0.39 is 27.2 Å². The van der Waals surface area contributed by atoms with Crippen LogP contribution >= 0.6 is 0 Å². The highest BCUT2D eigenvalue weighted by Gasteiger charge is 2.32. The van der Waals surface area contributed by atoms with Crippen LogP contribution in [0.15, 0.2) is 71.2 Å². The van der Waals surface area contributed by atoms with Gasteiger partial charge in [-0.1, -0.05) is 12.1 Å². The Morgan fingerprint density at radius 1 is 1.03 bits per heavy atom. The molecule has 0 unspecified atom stereocenters. The van der Waals surface area contributed by atoms with Gasteiger partial charge in [0.25, 0.3) is 0 Å². The van der Waals surface area contributed by atoms with Crippen molar-refractivity contribution in [2.75, 3.05) is 0 Å². The van der Waals surface area contributed by atoms with Crippen LogP contribution in [0.1, 0.15) is 37.6 Å². The summed E-state index contributed by atoms with van der Waals surface area (Å²) >= 11 is 0. The SMILES string of the molecule is Cc1c(C2=CS(=O)(=O)c3cc(-c4ccncc4)ccc32)c2cc(F)ccc2n1CC(=O)OC(C)(C)C. The number of benzene rings is 2. The van der Waals surface area contributed by atoms with Crippen LogP contribution in [0.4, 0.5) is 4.39 Å². The molecule has 0 saturated carbocycles. The van der Waals surface area contributed by atoms with Crippen LogP contribution in [-0.2, 0) is 25.9 Å². The molecule has 0 atom stereocenters. The van der Waals surface area contributed by atoms with Crippen LogP contribution in [0, 0.1) is 12.7 Å². The van der Waals surface area contributed by atoms with E-state index in [1.165, 1.54) is 17.5 Å². The number of sulfone groups is 1. The van der Waals surface area contributed by atoms with Crippen LogP contribution in [-0.4, -0.2) is 29.5 Å². The van der Waals surface area contributed by atoms with Crippen LogP contribution in [0.25, 0.3) is 27.6 Å². The summed E-state index contributed by atoms with van der Waals surface area (Å²) in [5.41, 5.74) is 3.80. The van der Waals surface area contributed by atoms with Gasteiger partial charge in [-0.3, -0.25) is 9.78 Å². The number of pyridine rings is 1. The Morgan fingerprint density at radius 2 is 1.75 bits per heavy atom. The summed E-state index contributed by atoms with van der Waals surface area (Å²) in [5.74, 6) is -0.887. The predicted octanol–water partition coefficient (Wildman–Crippen LogP) is 5.67. The van der Waals surface area contributed by atoms with E-state index in [1.54, 1.807) is 62.9 Å². The average molecular weight is 505 g/mol. The molecule has 184 valence electrons. The van der Waals surface area contributed by atoms with Crippen LogP contribution < -0.4 is 0 Å². The predicted molar refractivity (Wildman–Crippen MR) is 136 cm³/mol. The minimum absolute atomic E-state index is 0.0842. The Hall–Kier alpha value is -3.78. The molecular weight excluding hydrogens is 479 g/mol. The fraction of sp³-hybridized carbons (Fsp3) is 0.214. The molecule has 1 aliphatic rings. The molecule has 0 spiro atoms. The Balaban J connectivity index is 1.67. The molecule has 4 aromatic rings. The number of hydrogen-bond acceptors (Lipinski definition) is 5. The molecule has 1 aliphatic heterocycles. The number of hydrogen-bond donors (Lipinski definition) is 0. The van der Waals surface area contributed by atoms with Crippen molar-refractivity contribution in [3.05, 3.63) is 89.0 Å². The third kappa shape index (κ3) is 4.22. The molecule has 2 aromatic heterocycles. The van der Waals surface area contributed by atoms with Gasteiger partial charge >= 0.3 is 5.97 Å². The highest BCUT2D eigenvalue weighted by Crippen LogP contribution is 2.43. The van der Waals surface area contributed by atoms with Gasteiger partial charge in [-0.05, 0) is 75.2 Å². The molecule has 0 N–H and O–H groups in total. The lowest BCUT2D eigenvalue weighted by molar-refractivity contribution is -0.155. The van der Waals surface area contributed by atoms with Crippen molar-refractivity contribution in [2.45, 2.75) is 44.7 Å². The molecule has 0 aliphatic carbocycles. The van der Waals surface area contributed by atoms with E-state index in [0.29, 0.717) is 33.3 Å². The number of fused-ring (bicyclic) bond motifs is 2. The molecule has 0 bridgehead atoms.